The van der Waals surface area contributed by atoms with Crippen LogP contribution in [0, 0.1) is 10.1 Å². The van der Waals surface area contributed by atoms with Crippen molar-refractivity contribution in [1.82, 2.24) is 10.2 Å². The minimum absolute atomic E-state index is 0.0315. The number of furan rings is 1. The summed E-state index contributed by atoms with van der Waals surface area (Å²) in [6.45, 7) is 0. The predicted molar refractivity (Wildman–Crippen MR) is 133 cm³/mol. The second-order valence-electron chi connectivity index (χ2n) is 7.44. The Bertz CT molecular complexity index is 1500. The highest BCUT2D eigenvalue weighted by Gasteiger charge is 2.20. The summed E-state index contributed by atoms with van der Waals surface area (Å²) < 4.78 is 6.12. The Morgan fingerprint density at radius 1 is 0.706 bits per heavy atom. The van der Waals surface area contributed by atoms with Gasteiger partial charge in [-0.2, -0.15) is 0 Å². The van der Waals surface area contributed by atoms with Crippen molar-refractivity contribution in [3.8, 4) is 45.2 Å². The first-order chi connectivity index (χ1) is 16.5. The van der Waals surface area contributed by atoms with Gasteiger partial charge in [0.15, 0.2) is 0 Å². The molecule has 0 unspecified atom stereocenters. The lowest BCUT2D eigenvalue weighted by atomic mass is 10.0. The first-order valence-electron chi connectivity index (χ1n) is 10.2. The van der Waals surface area contributed by atoms with Crippen molar-refractivity contribution in [1.29, 1.82) is 0 Å². The van der Waals surface area contributed by atoms with Crippen molar-refractivity contribution in [2.45, 2.75) is 0 Å². The molecule has 0 atom stereocenters. The molecule has 6 nitrogen and oxygen atoms in total. The van der Waals surface area contributed by atoms with E-state index >= 15 is 0 Å². The van der Waals surface area contributed by atoms with Gasteiger partial charge in [-0.1, -0.05) is 59.6 Å². The van der Waals surface area contributed by atoms with Crippen LogP contribution in [0.25, 0.3) is 45.2 Å². The molecule has 3 aromatic carbocycles. The van der Waals surface area contributed by atoms with E-state index in [2.05, 4.69) is 10.2 Å². The molecule has 0 fully saturated rings. The number of benzene rings is 3. The molecule has 5 aromatic rings. The molecule has 0 radical (unpaired) electrons. The Hall–Kier alpha value is -4.00. The van der Waals surface area contributed by atoms with Crippen molar-refractivity contribution in [3.63, 3.8) is 0 Å². The summed E-state index contributed by atoms with van der Waals surface area (Å²) in [4.78, 5) is 11.1. The van der Waals surface area contributed by atoms with Crippen LogP contribution in [-0.2, 0) is 0 Å². The van der Waals surface area contributed by atoms with Crippen LogP contribution in [0.2, 0.25) is 10.0 Å². The molecule has 0 aliphatic carbocycles. The number of halogens is 2. The summed E-state index contributed by atoms with van der Waals surface area (Å²) in [7, 11) is 0. The summed E-state index contributed by atoms with van der Waals surface area (Å²) >= 11 is 12.1. The molecule has 2 heterocycles. The summed E-state index contributed by atoms with van der Waals surface area (Å²) in [5.74, 6) is 0.887. The topological polar surface area (TPSA) is 82.1 Å². The maximum absolute atomic E-state index is 11.5. The molecule has 0 amide bonds. The molecule has 0 saturated heterocycles. The normalized spacial score (nSPS) is 10.9. The highest BCUT2D eigenvalue weighted by molar-refractivity contribution is 6.30. The summed E-state index contributed by atoms with van der Waals surface area (Å²) in [5.41, 5.74) is 3.92. The lowest BCUT2D eigenvalue weighted by Gasteiger charge is -2.09. The van der Waals surface area contributed by atoms with Crippen LogP contribution in [-0.4, -0.2) is 15.1 Å². The Kier molecular flexibility index (Phi) is 5.84. The zero-order valence-corrected chi connectivity index (χ0v) is 19.0. The first-order valence-corrected chi connectivity index (χ1v) is 11.0. The molecule has 34 heavy (non-hydrogen) atoms. The standard InChI is InChI=1S/C26H15Cl2N3O3/c27-18-9-5-16(6-10-18)22-15-21(26(30-29-22)17-7-11-19(28)12-8-17)25-14-13-24(34-25)20-3-1-2-4-23(20)31(32)33/h1-15H. The zero-order chi connectivity index (χ0) is 23.7. The van der Waals surface area contributed by atoms with Gasteiger partial charge < -0.3 is 4.42 Å². The molecule has 0 aliphatic heterocycles. The van der Waals surface area contributed by atoms with Gasteiger partial charge in [0.2, 0.25) is 0 Å². The minimum atomic E-state index is -0.427. The third-order valence-electron chi connectivity index (χ3n) is 5.29. The average Bonchev–Trinajstić information content (AvgIpc) is 3.35. The Morgan fingerprint density at radius 2 is 1.29 bits per heavy atom. The predicted octanol–water partition coefficient (Wildman–Crippen LogP) is 7.95. The Balaban J connectivity index is 1.66. The van der Waals surface area contributed by atoms with E-state index in [1.165, 1.54) is 6.07 Å². The van der Waals surface area contributed by atoms with Gasteiger partial charge in [0, 0.05) is 32.8 Å². The third-order valence-corrected chi connectivity index (χ3v) is 5.79. The average molecular weight is 488 g/mol. The number of aromatic nitrogens is 2. The number of nitro benzene ring substituents is 1. The Morgan fingerprint density at radius 3 is 1.94 bits per heavy atom. The van der Waals surface area contributed by atoms with Gasteiger partial charge >= 0.3 is 0 Å². The van der Waals surface area contributed by atoms with E-state index < -0.39 is 4.92 Å². The number of rotatable bonds is 5. The Labute approximate surface area is 204 Å². The summed E-state index contributed by atoms with van der Waals surface area (Å²) in [5, 5.41) is 21.6. The van der Waals surface area contributed by atoms with E-state index in [0.29, 0.717) is 44.1 Å². The monoisotopic (exact) mass is 487 g/mol. The fourth-order valence-electron chi connectivity index (χ4n) is 3.63. The van der Waals surface area contributed by atoms with E-state index in [4.69, 9.17) is 27.6 Å². The first kappa shape index (κ1) is 21.8. The molecular weight excluding hydrogens is 473 g/mol. The highest BCUT2D eigenvalue weighted by atomic mass is 35.5. The number of para-hydroxylation sites is 1. The highest BCUT2D eigenvalue weighted by Crippen LogP contribution is 2.38. The second kappa shape index (κ2) is 9.09. The maximum Gasteiger partial charge on any atom is 0.280 e. The van der Waals surface area contributed by atoms with Crippen molar-refractivity contribution in [3.05, 3.63) is 111 Å². The lowest BCUT2D eigenvalue weighted by molar-refractivity contribution is -0.384. The molecule has 8 heteroatoms. The van der Waals surface area contributed by atoms with Crippen LogP contribution in [0.4, 0.5) is 5.69 Å². The minimum Gasteiger partial charge on any atom is -0.456 e. The number of hydrogen-bond acceptors (Lipinski definition) is 5. The van der Waals surface area contributed by atoms with Gasteiger partial charge in [-0.3, -0.25) is 10.1 Å². The van der Waals surface area contributed by atoms with Crippen LogP contribution in [0.3, 0.4) is 0 Å². The number of nitro groups is 1. The fraction of sp³-hybridized carbons (Fsp3) is 0. The molecule has 0 N–H and O–H groups in total. The van der Waals surface area contributed by atoms with Crippen LogP contribution >= 0.6 is 23.2 Å². The van der Waals surface area contributed by atoms with Crippen LogP contribution in [0.1, 0.15) is 0 Å². The molecular formula is C26H15Cl2N3O3. The quantitative estimate of drug-likeness (QED) is 0.185. The summed E-state index contributed by atoms with van der Waals surface area (Å²) in [6, 6.07) is 26.4. The zero-order valence-electron chi connectivity index (χ0n) is 17.5. The van der Waals surface area contributed by atoms with Gasteiger partial charge in [0.25, 0.3) is 5.69 Å². The van der Waals surface area contributed by atoms with Gasteiger partial charge in [0.1, 0.15) is 17.2 Å². The van der Waals surface area contributed by atoms with Gasteiger partial charge in [-0.15, -0.1) is 10.2 Å². The van der Waals surface area contributed by atoms with Crippen molar-refractivity contribution in [2.24, 2.45) is 0 Å². The lowest BCUT2D eigenvalue weighted by Crippen LogP contribution is -1.95. The third kappa shape index (κ3) is 4.29. The van der Waals surface area contributed by atoms with E-state index in [0.717, 1.165) is 11.1 Å². The van der Waals surface area contributed by atoms with Crippen LogP contribution in [0.5, 0.6) is 0 Å². The van der Waals surface area contributed by atoms with Crippen molar-refractivity contribution in [2.75, 3.05) is 0 Å². The molecule has 0 bridgehead atoms. The largest absolute Gasteiger partial charge is 0.456 e. The van der Waals surface area contributed by atoms with Crippen molar-refractivity contribution >= 4 is 28.9 Å². The summed E-state index contributed by atoms with van der Waals surface area (Å²) in [6.07, 6.45) is 0. The fourth-order valence-corrected chi connectivity index (χ4v) is 3.88. The molecule has 2 aromatic heterocycles. The van der Waals surface area contributed by atoms with E-state index in [1.807, 2.05) is 30.3 Å². The van der Waals surface area contributed by atoms with E-state index in [1.54, 1.807) is 54.6 Å². The molecule has 5 rings (SSSR count). The van der Waals surface area contributed by atoms with Gasteiger partial charge in [0.05, 0.1) is 16.2 Å². The molecule has 0 aliphatic rings. The number of hydrogen-bond donors (Lipinski definition) is 0. The second-order valence-corrected chi connectivity index (χ2v) is 8.32. The maximum atomic E-state index is 11.5. The van der Waals surface area contributed by atoms with Gasteiger partial charge in [-0.05, 0) is 48.5 Å². The van der Waals surface area contributed by atoms with Crippen LogP contribution in [0.15, 0.2) is 95.4 Å². The molecule has 166 valence electrons. The smallest absolute Gasteiger partial charge is 0.280 e. The SMILES string of the molecule is O=[N+]([O-])c1ccccc1-c1ccc(-c2cc(-c3ccc(Cl)cc3)nnc2-c2ccc(Cl)cc2)o1. The number of nitrogens with zero attached hydrogens (tertiary/aromatic N) is 3. The molecule has 0 spiro atoms. The van der Waals surface area contributed by atoms with E-state index in [-0.39, 0.29) is 5.69 Å². The van der Waals surface area contributed by atoms with Crippen molar-refractivity contribution < 1.29 is 9.34 Å². The van der Waals surface area contributed by atoms with Crippen LogP contribution < -0.4 is 0 Å². The van der Waals surface area contributed by atoms with Gasteiger partial charge in [-0.25, -0.2) is 0 Å². The van der Waals surface area contributed by atoms with E-state index in [9.17, 15) is 10.1 Å². The molecule has 0 saturated carbocycles.